The number of carboxylic acids is 1. The molecule has 1 aromatic heterocycles. The third-order valence-corrected chi connectivity index (χ3v) is 2.04. The molecular formula is C8H9NO4. The number of nitrogens with zero attached hydrogens (tertiary/aromatic N) is 1. The van der Waals surface area contributed by atoms with Crippen LogP contribution in [0.3, 0.4) is 0 Å². The molecule has 1 unspecified atom stereocenters. The second-order valence-corrected chi connectivity index (χ2v) is 2.86. The number of aliphatic hydroxyl groups excluding tert-OH is 1. The predicted molar refractivity (Wildman–Crippen MR) is 42.5 cm³/mol. The summed E-state index contributed by atoms with van der Waals surface area (Å²) in [4.78, 5) is 10.5. The maximum Gasteiger partial charge on any atom is 0.337 e. The highest BCUT2D eigenvalue weighted by molar-refractivity contribution is 5.75. The molecular weight excluding hydrogens is 174 g/mol. The molecule has 0 aliphatic carbocycles. The summed E-state index contributed by atoms with van der Waals surface area (Å²) in [7, 11) is 0. The van der Waals surface area contributed by atoms with Crippen molar-refractivity contribution in [1.82, 2.24) is 4.57 Å². The van der Waals surface area contributed by atoms with Crippen LogP contribution in [0, 0.1) is 0 Å². The van der Waals surface area contributed by atoms with Crippen LogP contribution in [0.25, 0.3) is 0 Å². The van der Waals surface area contributed by atoms with Gasteiger partial charge >= 0.3 is 5.97 Å². The molecule has 2 heterocycles. The van der Waals surface area contributed by atoms with Crippen LogP contribution in [0.5, 0.6) is 5.88 Å². The highest BCUT2D eigenvalue weighted by Crippen LogP contribution is 2.29. The average Bonchev–Trinajstić information content (AvgIpc) is 2.61. The van der Waals surface area contributed by atoms with Crippen LogP contribution in [0.1, 0.15) is 11.7 Å². The molecule has 1 aromatic rings. The van der Waals surface area contributed by atoms with Crippen LogP contribution >= 0.6 is 0 Å². The molecule has 13 heavy (non-hydrogen) atoms. The van der Waals surface area contributed by atoms with E-state index in [0.29, 0.717) is 24.6 Å². The number of rotatable bonds is 2. The van der Waals surface area contributed by atoms with E-state index in [-0.39, 0.29) is 0 Å². The third kappa shape index (κ3) is 1.17. The monoisotopic (exact) mass is 183 g/mol. The molecule has 0 fully saturated rings. The fraction of sp³-hybridized carbons (Fsp3) is 0.375. The van der Waals surface area contributed by atoms with Crippen molar-refractivity contribution in [3.05, 3.63) is 17.8 Å². The molecule has 5 nitrogen and oxygen atoms in total. The Morgan fingerprint density at radius 3 is 3.15 bits per heavy atom. The second kappa shape index (κ2) is 2.77. The van der Waals surface area contributed by atoms with Gasteiger partial charge in [-0.05, 0) is 6.07 Å². The van der Waals surface area contributed by atoms with E-state index in [9.17, 15) is 9.90 Å². The molecule has 1 aliphatic heterocycles. The van der Waals surface area contributed by atoms with Gasteiger partial charge in [-0.25, -0.2) is 4.79 Å². The van der Waals surface area contributed by atoms with Crippen LogP contribution in [-0.2, 0) is 11.3 Å². The minimum absolute atomic E-state index is 0.324. The summed E-state index contributed by atoms with van der Waals surface area (Å²) in [5.41, 5.74) is 0.324. The van der Waals surface area contributed by atoms with Gasteiger partial charge in [-0.1, -0.05) is 0 Å². The molecule has 0 aromatic carbocycles. The van der Waals surface area contributed by atoms with Crippen LogP contribution in [0.4, 0.5) is 0 Å². The van der Waals surface area contributed by atoms with Crippen molar-refractivity contribution in [3.63, 3.8) is 0 Å². The second-order valence-electron chi connectivity index (χ2n) is 2.86. The minimum Gasteiger partial charge on any atom is -0.479 e. The van der Waals surface area contributed by atoms with E-state index in [1.54, 1.807) is 16.8 Å². The first-order valence-electron chi connectivity index (χ1n) is 3.93. The molecule has 0 spiro atoms. The molecule has 2 rings (SSSR count). The van der Waals surface area contributed by atoms with Gasteiger partial charge in [0.15, 0.2) is 12.0 Å². The van der Waals surface area contributed by atoms with Gasteiger partial charge in [-0.15, -0.1) is 0 Å². The number of carboxylic acid groups (broad SMARTS) is 1. The van der Waals surface area contributed by atoms with Gasteiger partial charge < -0.3 is 19.5 Å². The van der Waals surface area contributed by atoms with E-state index >= 15 is 0 Å². The van der Waals surface area contributed by atoms with Crippen molar-refractivity contribution in [1.29, 1.82) is 0 Å². The molecule has 1 atom stereocenters. The third-order valence-electron chi connectivity index (χ3n) is 2.04. The Morgan fingerprint density at radius 2 is 2.46 bits per heavy atom. The Hall–Kier alpha value is -1.49. The van der Waals surface area contributed by atoms with Gasteiger partial charge in [-0.2, -0.15) is 0 Å². The maximum absolute atomic E-state index is 10.5. The van der Waals surface area contributed by atoms with E-state index in [1.165, 1.54) is 0 Å². The van der Waals surface area contributed by atoms with Gasteiger partial charge in [0.1, 0.15) is 6.61 Å². The summed E-state index contributed by atoms with van der Waals surface area (Å²) in [6.45, 7) is 1.25. The van der Waals surface area contributed by atoms with Gasteiger partial charge in [0.05, 0.1) is 12.1 Å². The molecule has 0 saturated heterocycles. The van der Waals surface area contributed by atoms with E-state index in [2.05, 4.69) is 0 Å². The fourth-order valence-electron chi connectivity index (χ4n) is 1.40. The van der Waals surface area contributed by atoms with Crippen molar-refractivity contribution < 1.29 is 19.7 Å². The molecule has 2 N–H and O–H groups in total. The van der Waals surface area contributed by atoms with Crippen molar-refractivity contribution in [2.75, 3.05) is 6.61 Å². The van der Waals surface area contributed by atoms with E-state index in [4.69, 9.17) is 9.84 Å². The Kier molecular flexibility index (Phi) is 1.73. The highest BCUT2D eigenvalue weighted by atomic mass is 16.5. The Bertz CT molecular complexity index is 344. The largest absolute Gasteiger partial charge is 0.479 e. The number of aliphatic hydroxyl groups is 1. The number of fused-ring (bicyclic) bond motifs is 1. The van der Waals surface area contributed by atoms with Crippen LogP contribution in [-0.4, -0.2) is 27.4 Å². The summed E-state index contributed by atoms with van der Waals surface area (Å²) in [5.74, 6) is -0.792. The van der Waals surface area contributed by atoms with Crippen molar-refractivity contribution in [2.24, 2.45) is 0 Å². The van der Waals surface area contributed by atoms with Gasteiger partial charge in [0, 0.05) is 6.20 Å². The van der Waals surface area contributed by atoms with Crippen molar-refractivity contribution in [3.8, 4) is 5.88 Å². The summed E-state index contributed by atoms with van der Waals surface area (Å²) >= 11 is 0. The van der Waals surface area contributed by atoms with E-state index in [1.807, 2.05) is 0 Å². The van der Waals surface area contributed by atoms with Gasteiger partial charge in [0.25, 0.3) is 0 Å². The Labute approximate surface area is 74.2 Å². The molecule has 1 aliphatic rings. The van der Waals surface area contributed by atoms with Crippen LogP contribution < -0.4 is 4.74 Å². The molecule has 0 amide bonds. The Balaban J connectivity index is 2.36. The smallest absolute Gasteiger partial charge is 0.337 e. The quantitative estimate of drug-likeness (QED) is 0.676. The number of hydrogen-bond acceptors (Lipinski definition) is 3. The molecule has 5 heteroatoms. The minimum atomic E-state index is -1.49. The van der Waals surface area contributed by atoms with Crippen LogP contribution in [0.2, 0.25) is 0 Å². The number of aliphatic carboxylic acids is 1. The number of ether oxygens (including phenoxy) is 1. The molecule has 0 bridgehead atoms. The van der Waals surface area contributed by atoms with Crippen LogP contribution in [0.15, 0.2) is 12.3 Å². The zero-order valence-electron chi connectivity index (χ0n) is 6.80. The summed E-state index contributed by atoms with van der Waals surface area (Å²) in [6, 6.07) is 1.56. The van der Waals surface area contributed by atoms with E-state index in [0.717, 1.165) is 0 Å². The first kappa shape index (κ1) is 8.12. The molecule has 0 saturated carbocycles. The lowest BCUT2D eigenvalue weighted by atomic mass is 10.2. The van der Waals surface area contributed by atoms with Gasteiger partial charge in [-0.3, -0.25) is 0 Å². The standard InChI is InChI=1S/C8H9NO4/c10-6(8(11)12)5-1-2-9-3-4-13-7(5)9/h1-2,6,10H,3-4H2,(H,11,12). The maximum atomic E-state index is 10.5. The zero-order valence-corrected chi connectivity index (χ0v) is 6.80. The van der Waals surface area contributed by atoms with Crippen molar-refractivity contribution >= 4 is 5.97 Å². The average molecular weight is 183 g/mol. The summed E-state index contributed by atoms with van der Waals surface area (Å²) < 4.78 is 6.96. The number of carbonyl (C=O) groups is 1. The van der Waals surface area contributed by atoms with Crippen molar-refractivity contribution in [2.45, 2.75) is 12.6 Å². The van der Waals surface area contributed by atoms with Gasteiger partial charge in [0.2, 0.25) is 0 Å². The zero-order chi connectivity index (χ0) is 9.42. The molecule has 70 valence electrons. The lowest BCUT2D eigenvalue weighted by molar-refractivity contribution is -0.147. The first-order chi connectivity index (χ1) is 6.20. The summed E-state index contributed by atoms with van der Waals surface area (Å²) in [6.07, 6.45) is 0.221. The topological polar surface area (TPSA) is 71.7 Å². The lowest BCUT2D eigenvalue weighted by Crippen LogP contribution is -2.10. The SMILES string of the molecule is O=C(O)C(O)c1ccn2c1OCC2. The number of aromatic nitrogens is 1. The fourth-order valence-corrected chi connectivity index (χ4v) is 1.40. The normalized spacial score (nSPS) is 16.4. The lowest BCUT2D eigenvalue weighted by Gasteiger charge is -2.04. The summed E-state index contributed by atoms with van der Waals surface area (Å²) in [5, 5.41) is 17.8. The Morgan fingerprint density at radius 1 is 1.69 bits per heavy atom. The highest BCUT2D eigenvalue weighted by Gasteiger charge is 2.25. The number of hydrogen-bond donors (Lipinski definition) is 2. The molecule has 0 radical (unpaired) electrons. The van der Waals surface area contributed by atoms with E-state index < -0.39 is 12.1 Å². The first-order valence-corrected chi connectivity index (χ1v) is 3.93. The predicted octanol–water partition coefficient (Wildman–Crippen LogP) is -0.00150.